The van der Waals surface area contributed by atoms with Crippen LogP contribution in [-0.2, 0) is 25.4 Å². The van der Waals surface area contributed by atoms with Crippen LogP contribution in [-0.4, -0.2) is 26.7 Å². The van der Waals surface area contributed by atoms with Crippen LogP contribution in [0.4, 0.5) is 0 Å². The molecule has 0 spiro atoms. The summed E-state index contributed by atoms with van der Waals surface area (Å²) >= 11 is 0. The van der Waals surface area contributed by atoms with Crippen LogP contribution in [0.15, 0.2) is 76.8 Å². The summed E-state index contributed by atoms with van der Waals surface area (Å²) in [6, 6.07) is 16.8. The average molecular weight is 472 g/mol. The van der Waals surface area contributed by atoms with Gasteiger partial charge in [-0.05, 0) is 30.2 Å². The predicted molar refractivity (Wildman–Crippen MR) is 134 cm³/mol. The van der Waals surface area contributed by atoms with Gasteiger partial charge >= 0.3 is 11.7 Å². The van der Waals surface area contributed by atoms with Gasteiger partial charge in [-0.15, -0.1) is 0 Å². The molecule has 0 unspecified atom stereocenters. The minimum Gasteiger partial charge on any atom is -0.489 e. The van der Waals surface area contributed by atoms with Crippen LogP contribution in [0.5, 0.6) is 5.75 Å². The Morgan fingerprint density at radius 1 is 1.03 bits per heavy atom. The van der Waals surface area contributed by atoms with Crippen LogP contribution in [0.25, 0.3) is 22.2 Å². The molecular weight excluding hydrogens is 446 g/mol. The molecule has 0 aliphatic rings. The molecule has 0 N–H and O–H groups in total. The second-order valence-corrected chi connectivity index (χ2v) is 8.04. The molecular formula is C27H25N3O5. The smallest absolute Gasteiger partial charge is 0.340 e. The zero-order valence-electron chi connectivity index (χ0n) is 19.8. The van der Waals surface area contributed by atoms with Crippen molar-refractivity contribution in [3.63, 3.8) is 0 Å². The number of carbonyl (C=O) groups is 1. The lowest BCUT2D eigenvalue weighted by Crippen LogP contribution is -2.38. The van der Waals surface area contributed by atoms with E-state index in [1.54, 1.807) is 31.2 Å². The molecule has 0 fully saturated rings. The van der Waals surface area contributed by atoms with Gasteiger partial charge in [-0.3, -0.25) is 13.9 Å². The molecule has 178 valence electrons. The maximum Gasteiger partial charge on any atom is 0.340 e. The Morgan fingerprint density at radius 2 is 1.71 bits per heavy atom. The number of benzene rings is 2. The molecule has 0 atom stereocenters. The number of hydrogen-bond donors (Lipinski definition) is 0. The van der Waals surface area contributed by atoms with Crippen LogP contribution in [0.1, 0.15) is 21.6 Å². The van der Waals surface area contributed by atoms with E-state index in [0.717, 1.165) is 10.1 Å². The van der Waals surface area contributed by atoms with Crippen molar-refractivity contribution in [1.82, 2.24) is 14.1 Å². The molecule has 0 saturated carbocycles. The first kappa shape index (κ1) is 23.7. The fourth-order valence-electron chi connectivity index (χ4n) is 3.91. The molecule has 2 heterocycles. The molecule has 4 aromatic rings. The second kappa shape index (κ2) is 9.80. The summed E-state index contributed by atoms with van der Waals surface area (Å²) in [5.41, 5.74) is 1.61. The highest BCUT2D eigenvalue weighted by atomic mass is 16.5. The van der Waals surface area contributed by atoms with Gasteiger partial charge in [0.05, 0.1) is 16.6 Å². The maximum absolute atomic E-state index is 13.2. The first-order valence-corrected chi connectivity index (χ1v) is 11.0. The van der Waals surface area contributed by atoms with E-state index >= 15 is 0 Å². The summed E-state index contributed by atoms with van der Waals surface area (Å²) < 4.78 is 13.5. The number of carbonyl (C=O) groups excluding carboxylic acids is 1. The molecule has 2 aromatic heterocycles. The zero-order chi connectivity index (χ0) is 25.1. The van der Waals surface area contributed by atoms with Crippen LogP contribution < -0.4 is 16.0 Å². The molecule has 0 saturated heterocycles. The van der Waals surface area contributed by atoms with Crippen molar-refractivity contribution in [2.24, 2.45) is 14.1 Å². The van der Waals surface area contributed by atoms with Crippen molar-refractivity contribution in [1.29, 1.82) is 0 Å². The summed E-state index contributed by atoms with van der Waals surface area (Å²) in [4.78, 5) is 43.2. The first-order valence-electron chi connectivity index (χ1n) is 11.0. The standard InChI is InChI=1S/C27H25N3O5/c1-5-15-34-26(32)21-17(2)28-24-23(25(31)30(4)27(33)29(24)3)22(21)19-11-13-20(14-12-19)35-16-18-9-7-6-8-10-18/h5-14H,1,15-16H2,2-4H3. The minimum atomic E-state index is -0.632. The van der Waals surface area contributed by atoms with Gasteiger partial charge in [-0.1, -0.05) is 55.1 Å². The maximum atomic E-state index is 13.2. The first-order chi connectivity index (χ1) is 16.8. The number of aromatic nitrogens is 3. The topological polar surface area (TPSA) is 92.4 Å². The molecule has 35 heavy (non-hydrogen) atoms. The van der Waals surface area contributed by atoms with E-state index in [0.29, 0.717) is 29.2 Å². The number of esters is 1. The number of ether oxygens (including phenoxy) is 2. The minimum absolute atomic E-state index is 0.00724. The summed E-state index contributed by atoms with van der Waals surface area (Å²) in [5.74, 6) is -0.00381. The van der Waals surface area contributed by atoms with Gasteiger partial charge in [-0.2, -0.15) is 0 Å². The number of rotatable bonds is 7. The molecule has 0 aliphatic carbocycles. The molecule has 0 amide bonds. The normalized spacial score (nSPS) is 10.8. The van der Waals surface area contributed by atoms with Crippen LogP contribution in [0.3, 0.4) is 0 Å². The summed E-state index contributed by atoms with van der Waals surface area (Å²) in [6.45, 7) is 5.63. The van der Waals surface area contributed by atoms with E-state index in [1.807, 2.05) is 30.3 Å². The summed E-state index contributed by atoms with van der Waals surface area (Å²) in [5, 5.41) is 0.156. The average Bonchev–Trinajstić information content (AvgIpc) is 2.88. The van der Waals surface area contributed by atoms with Crippen molar-refractivity contribution in [2.45, 2.75) is 13.5 Å². The highest BCUT2D eigenvalue weighted by Gasteiger charge is 2.25. The quantitative estimate of drug-likeness (QED) is 0.302. The van der Waals surface area contributed by atoms with E-state index < -0.39 is 17.2 Å². The van der Waals surface area contributed by atoms with Crippen LogP contribution >= 0.6 is 0 Å². The molecule has 0 bridgehead atoms. The van der Waals surface area contributed by atoms with Crippen molar-refractivity contribution in [2.75, 3.05) is 6.61 Å². The van der Waals surface area contributed by atoms with Crippen molar-refractivity contribution in [3.8, 4) is 16.9 Å². The fourth-order valence-corrected chi connectivity index (χ4v) is 3.91. The molecule has 8 nitrogen and oxygen atoms in total. The number of pyridine rings is 1. The third kappa shape index (κ3) is 4.50. The van der Waals surface area contributed by atoms with Gasteiger partial charge in [0.1, 0.15) is 24.6 Å². The van der Waals surface area contributed by atoms with E-state index in [-0.39, 0.29) is 23.2 Å². The summed E-state index contributed by atoms with van der Waals surface area (Å²) in [6.07, 6.45) is 1.46. The number of aryl methyl sites for hydroxylation is 2. The van der Waals surface area contributed by atoms with E-state index in [1.165, 1.54) is 24.7 Å². The Kier molecular flexibility index (Phi) is 6.64. The Morgan fingerprint density at radius 3 is 2.37 bits per heavy atom. The third-order valence-corrected chi connectivity index (χ3v) is 5.70. The SMILES string of the molecule is C=CCOC(=O)c1c(C)nc2c(c1-c1ccc(OCc3ccccc3)cc1)c(=O)n(C)c(=O)n2C. The molecule has 4 rings (SSSR count). The number of nitrogens with zero attached hydrogens (tertiary/aromatic N) is 3. The lowest BCUT2D eigenvalue weighted by molar-refractivity contribution is 0.0549. The number of fused-ring (bicyclic) bond motifs is 1. The van der Waals surface area contributed by atoms with Gasteiger partial charge in [0.15, 0.2) is 0 Å². The van der Waals surface area contributed by atoms with Crippen molar-refractivity contribution < 1.29 is 14.3 Å². The van der Waals surface area contributed by atoms with Crippen molar-refractivity contribution >= 4 is 17.0 Å². The van der Waals surface area contributed by atoms with Gasteiger partial charge in [0.2, 0.25) is 0 Å². The number of hydrogen-bond acceptors (Lipinski definition) is 6. The Balaban J connectivity index is 1.88. The van der Waals surface area contributed by atoms with E-state index in [2.05, 4.69) is 11.6 Å². The lowest BCUT2D eigenvalue weighted by atomic mass is 9.95. The van der Waals surface area contributed by atoms with Crippen LogP contribution in [0.2, 0.25) is 0 Å². The largest absolute Gasteiger partial charge is 0.489 e. The van der Waals surface area contributed by atoms with E-state index in [4.69, 9.17) is 9.47 Å². The fraction of sp³-hybridized carbons (Fsp3) is 0.185. The zero-order valence-corrected chi connectivity index (χ0v) is 19.8. The van der Waals surface area contributed by atoms with Crippen molar-refractivity contribution in [3.05, 3.63) is 105 Å². The van der Waals surface area contributed by atoms with Gasteiger partial charge in [0, 0.05) is 19.7 Å². The second-order valence-electron chi connectivity index (χ2n) is 8.04. The monoisotopic (exact) mass is 471 g/mol. The highest BCUT2D eigenvalue weighted by molar-refractivity contribution is 6.07. The van der Waals surface area contributed by atoms with Gasteiger partial charge in [0.25, 0.3) is 5.56 Å². The Labute approximate surface area is 201 Å². The lowest BCUT2D eigenvalue weighted by Gasteiger charge is -2.17. The molecule has 0 aliphatic heterocycles. The molecule has 8 heteroatoms. The summed E-state index contributed by atoms with van der Waals surface area (Å²) in [7, 11) is 2.93. The Bertz CT molecular complexity index is 1530. The van der Waals surface area contributed by atoms with Gasteiger partial charge < -0.3 is 9.47 Å². The van der Waals surface area contributed by atoms with Crippen LogP contribution in [0, 0.1) is 6.92 Å². The Hall–Kier alpha value is -4.46. The molecule has 0 radical (unpaired) electrons. The predicted octanol–water partition coefficient (Wildman–Crippen LogP) is 3.53. The highest BCUT2D eigenvalue weighted by Crippen LogP contribution is 2.32. The third-order valence-electron chi connectivity index (χ3n) is 5.70. The van der Waals surface area contributed by atoms with Gasteiger partial charge in [-0.25, -0.2) is 14.6 Å². The van der Waals surface area contributed by atoms with E-state index in [9.17, 15) is 14.4 Å². The molecule has 2 aromatic carbocycles.